The van der Waals surface area contributed by atoms with Gasteiger partial charge < -0.3 is 10.1 Å². The number of halogens is 1. The molecule has 0 fully saturated rings. The van der Waals surface area contributed by atoms with Crippen LogP contribution in [-0.4, -0.2) is 37.0 Å². The van der Waals surface area contributed by atoms with E-state index in [0.717, 1.165) is 48.0 Å². The molecule has 96 valence electrons. The van der Waals surface area contributed by atoms with Crippen LogP contribution >= 0.6 is 27.7 Å². The molecule has 0 aromatic carbocycles. The van der Waals surface area contributed by atoms with Crippen LogP contribution in [0.3, 0.4) is 0 Å². The van der Waals surface area contributed by atoms with Crippen molar-refractivity contribution < 1.29 is 4.74 Å². The van der Waals surface area contributed by atoms with Crippen molar-refractivity contribution in [3.8, 4) is 0 Å². The maximum atomic E-state index is 5.26. The van der Waals surface area contributed by atoms with Crippen LogP contribution in [0.15, 0.2) is 27.8 Å². The highest BCUT2D eigenvalue weighted by Crippen LogP contribution is 2.16. The summed E-state index contributed by atoms with van der Waals surface area (Å²) in [5.41, 5.74) is 0. The number of rotatable bonds is 9. The topological polar surface area (TPSA) is 34.1 Å². The molecule has 0 atom stereocenters. The largest absolute Gasteiger partial charge is 0.382 e. The third-order valence-electron chi connectivity index (χ3n) is 2.08. The Labute approximate surface area is 116 Å². The Morgan fingerprint density at radius 3 is 3.00 bits per heavy atom. The first-order chi connectivity index (χ1) is 8.33. The molecule has 17 heavy (non-hydrogen) atoms. The number of thioether (sulfide) groups is 1. The third-order valence-corrected chi connectivity index (χ3v) is 3.49. The third kappa shape index (κ3) is 7.76. The summed E-state index contributed by atoms with van der Waals surface area (Å²) in [6.07, 6.45) is 2.91. The summed E-state index contributed by atoms with van der Waals surface area (Å²) in [5.74, 6) is 1.04. The molecule has 0 spiro atoms. The van der Waals surface area contributed by atoms with Crippen molar-refractivity contribution in [1.29, 1.82) is 0 Å². The number of pyridine rings is 1. The summed E-state index contributed by atoms with van der Waals surface area (Å²) in [6.45, 7) is 5.72. The van der Waals surface area contributed by atoms with Gasteiger partial charge in [-0.1, -0.05) is 0 Å². The molecule has 0 unspecified atom stereocenters. The van der Waals surface area contributed by atoms with Crippen molar-refractivity contribution in [2.24, 2.45) is 0 Å². The van der Waals surface area contributed by atoms with Gasteiger partial charge in [-0.2, -0.15) is 0 Å². The molecule has 0 aliphatic rings. The van der Waals surface area contributed by atoms with Gasteiger partial charge in [-0.25, -0.2) is 4.98 Å². The first-order valence-corrected chi connectivity index (χ1v) is 7.63. The molecule has 0 bridgehead atoms. The van der Waals surface area contributed by atoms with Gasteiger partial charge in [-0.3, -0.25) is 0 Å². The molecule has 1 aromatic rings. The number of hydrogen-bond donors (Lipinski definition) is 1. The Morgan fingerprint density at radius 1 is 1.41 bits per heavy atom. The number of nitrogens with one attached hydrogen (secondary N) is 1. The van der Waals surface area contributed by atoms with Gasteiger partial charge in [0, 0.05) is 36.2 Å². The van der Waals surface area contributed by atoms with E-state index in [2.05, 4.69) is 26.2 Å². The molecule has 1 N–H and O–H groups in total. The molecule has 1 aromatic heterocycles. The zero-order valence-electron chi connectivity index (χ0n) is 10.1. The lowest BCUT2D eigenvalue weighted by molar-refractivity contribution is 0.145. The van der Waals surface area contributed by atoms with Crippen LogP contribution in [0.25, 0.3) is 0 Å². The van der Waals surface area contributed by atoms with E-state index in [1.807, 2.05) is 25.3 Å². The van der Waals surface area contributed by atoms with Crippen molar-refractivity contribution in [1.82, 2.24) is 10.3 Å². The minimum atomic E-state index is 0.811. The predicted molar refractivity (Wildman–Crippen MR) is 76.6 cm³/mol. The van der Waals surface area contributed by atoms with Crippen LogP contribution in [0.2, 0.25) is 0 Å². The first-order valence-electron chi connectivity index (χ1n) is 5.85. The van der Waals surface area contributed by atoms with E-state index in [1.165, 1.54) is 0 Å². The maximum absolute atomic E-state index is 5.26. The number of aromatic nitrogens is 1. The fourth-order valence-corrected chi connectivity index (χ4v) is 2.23. The van der Waals surface area contributed by atoms with Crippen LogP contribution in [0.4, 0.5) is 0 Å². The second-order valence-electron chi connectivity index (χ2n) is 3.46. The molecule has 1 heterocycles. The van der Waals surface area contributed by atoms with E-state index in [-0.39, 0.29) is 0 Å². The predicted octanol–water partition coefficient (Wildman–Crippen LogP) is 2.95. The molecule has 0 amide bonds. The normalized spacial score (nSPS) is 10.7. The summed E-state index contributed by atoms with van der Waals surface area (Å²) >= 11 is 5.14. The lowest BCUT2D eigenvalue weighted by Crippen LogP contribution is -2.19. The number of ether oxygens (including phenoxy) is 1. The monoisotopic (exact) mass is 318 g/mol. The van der Waals surface area contributed by atoms with E-state index < -0.39 is 0 Å². The molecule has 0 saturated heterocycles. The van der Waals surface area contributed by atoms with Crippen molar-refractivity contribution in [3.05, 3.63) is 22.8 Å². The fourth-order valence-electron chi connectivity index (χ4n) is 1.24. The Bertz CT molecular complexity index is 295. The fraction of sp³-hybridized carbons (Fsp3) is 0.583. The zero-order chi connectivity index (χ0) is 12.3. The van der Waals surface area contributed by atoms with E-state index in [1.54, 1.807) is 11.8 Å². The smallest absolute Gasteiger partial charge is 0.0961 e. The van der Waals surface area contributed by atoms with E-state index in [0.29, 0.717) is 0 Å². The average Bonchev–Trinajstić information content (AvgIpc) is 2.35. The zero-order valence-corrected chi connectivity index (χ0v) is 12.5. The van der Waals surface area contributed by atoms with Gasteiger partial charge >= 0.3 is 0 Å². The lowest BCUT2D eigenvalue weighted by Gasteiger charge is -2.04. The summed E-state index contributed by atoms with van der Waals surface area (Å²) in [4.78, 5) is 4.30. The molecule has 0 aliphatic carbocycles. The van der Waals surface area contributed by atoms with Crippen molar-refractivity contribution in [3.63, 3.8) is 0 Å². The molecular weight excluding hydrogens is 300 g/mol. The minimum Gasteiger partial charge on any atom is -0.382 e. The summed E-state index contributed by atoms with van der Waals surface area (Å²) < 4.78 is 6.28. The standard InChI is InChI=1S/C12H19BrN2OS/c1-2-16-8-3-6-14-7-9-17-12-5-4-11(13)10-15-12/h4-5,10,14H,2-3,6-9H2,1H3. The second-order valence-corrected chi connectivity index (χ2v) is 5.49. The van der Waals surface area contributed by atoms with Crippen LogP contribution in [0.5, 0.6) is 0 Å². The molecule has 0 saturated carbocycles. The van der Waals surface area contributed by atoms with Gasteiger partial charge in [-0.05, 0) is 48.0 Å². The van der Waals surface area contributed by atoms with Gasteiger partial charge in [0.25, 0.3) is 0 Å². The molecule has 0 aliphatic heterocycles. The van der Waals surface area contributed by atoms with E-state index >= 15 is 0 Å². The van der Waals surface area contributed by atoms with Gasteiger partial charge in [-0.15, -0.1) is 11.8 Å². The molecule has 5 heteroatoms. The highest BCUT2D eigenvalue weighted by Gasteiger charge is 1.95. The van der Waals surface area contributed by atoms with Crippen molar-refractivity contribution >= 4 is 27.7 Å². The second kappa shape index (κ2) is 9.88. The van der Waals surface area contributed by atoms with Crippen LogP contribution < -0.4 is 5.32 Å². The molecule has 0 radical (unpaired) electrons. The van der Waals surface area contributed by atoms with Crippen molar-refractivity contribution in [2.75, 3.05) is 32.1 Å². The van der Waals surface area contributed by atoms with Gasteiger partial charge in [0.05, 0.1) is 5.03 Å². The highest BCUT2D eigenvalue weighted by molar-refractivity contribution is 9.10. The summed E-state index contributed by atoms with van der Waals surface area (Å²) in [6, 6.07) is 4.05. The van der Waals surface area contributed by atoms with E-state index in [4.69, 9.17) is 4.74 Å². The lowest BCUT2D eigenvalue weighted by atomic mass is 10.4. The van der Waals surface area contributed by atoms with Gasteiger partial charge in [0.2, 0.25) is 0 Å². The Morgan fingerprint density at radius 2 is 2.29 bits per heavy atom. The van der Waals surface area contributed by atoms with Gasteiger partial charge in [0.15, 0.2) is 0 Å². The van der Waals surface area contributed by atoms with Crippen LogP contribution in [-0.2, 0) is 4.74 Å². The quantitative estimate of drug-likeness (QED) is 0.560. The molecular formula is C12H19BrN2OS. The van der Waals surface area contributed by atoms with Crippen LogP contribution in [0, 0.1) is 0 Å². The van der Waals surface area contributed by atoms with Crippen molar-refractivity contribution in [2.45, 2.75) is 18.4 Å². The summed E-state index contributed by atoms with van der Waals surface area (Å²) in [5, 5.41) is 4.46. The Hall–Kier alpha value is -0.100. The summed E-state index contributed by atoms with van der Waals surface area (Å²) in [7, 11) is 0. The maximum Gasteiger partial charge on any atom is 0.0961 e. The average molecular weight is 319 g/mol. The Balaban J connectivity index is 1.95. The minimum absolute atomic E-state index is 0.811. The van der Waals surface area contributed by atoms with Crippen LogP contribution in [0.1, 0.15) is 13.3 Å². The first kappa shape index (κ1) is 15.0. The number of hydrogen-bond acceptors (Lipinski definition) is 4. The molecule has 3 nitrogen and oxygen atoms in total. The molecule has 1 rings (SSSR count). The highest BCUT2D eigenvalue weighted by atomic mass is 79.9. The SMILES string of the molecule is CCOCCCNCCSc1ccc(Br)cn1. The van der Waals surface area contributed by atoms with Gasteiger partial charge in [0.1, 0.15) is 0 Å². The number of nitrogens with zero attached hydrogens (tertiary/aromatic N) is 1. The Kier molecular flexibility index (Phi) is 8.70. The van der Waals surface area contributed by atoms with E-state index in [9.17, 15) is 0 Å².